The van der Waals surface area contributed by atoms with E-state index in [-0.39, 0.29) is 26.0 Å². The largest absolute Gasteiger partial charge is 0.355 e. The van der Waals surface area contributed by atoms with E-state index in [0.29, 0.717) is 13.2 Å². The second kappa shape index (κ2) is 12.3. The topological polar surface area (TPSA) is 51.0 Å². The van der Waals surface area contributed by atoms with E-state index in [4.69, 9.17) is 18.9 Å². The summed E-state index contributed by atoms with van der Waals surface area (Å²) in [6.07, 6.45) is 1.52. The van der Waals surface area contributed by atoms with Crippen molar-refractivity contribution in [2.45, 2.75) is 53.0 Å². The highest BCUT2D eigenvalue weighted by Gasteiger charge is 2.09. The smallest absolute Gasteiger partial charge is 0.148 e. The summed E-state index contributed by atoms with van der Waals surface area (Å²) in [7, 11) is 0. The molecule has 0 fully saturated rings. The first kappa shape index (κ1) is 16.8. The fourth-order valence-corrected chi connectivity index (χ4v) is 1.08. The lowest BCUT2D eigenvalue weighted by Crippen LogP contribution is -2.32. The summed E-state index contributed by atoms with van der Waals surface area (Å²) in [4.78, 5) is 0. The SMILES string of the molecule is CCCOCOC(C)[N]C(C)OCOCCC. The van der Waals surface area contributed by atoms with E-state index in [1.165, 1.54) is 0 Å². The molecule has 0 saturated carbocycles. The fraction of sp³-hybridized carbons (Fsp3) is 1.00. The molecule has 5 heteroatoms. The maximum Gasteiger partial charge on any atom is 0.148 e. The Kier molecular flexibility index (Phi) is 12.1. The predicted octanol–water partition coefficient (Wildman–Crippen LogP) is 2.08. The maximum atomic E-state index is 5.33. The highest BCUT2D eigenvalue weighted by molar-refractivity contribution is 4.48. The first-order valence-electron chi connectivity index (χ1n) is 6.29. The lowest BCUT2D eigenvalue weighted by molar-refractivity contribution is -0.136. The van der Waals surface area contributed by atoms with Gasteiger partial charge in [-0.2, -0.15) is 5.32 Å². The highest BCUT2D eigenvalue weighted by atomic mass is 16.7. The van der Waals surface area contributed by atoms with Gasteiger partial charge in [0.2, 0.25) is 0 Å². The molecule has 0 aromatic rings. The molecule has 0 aliphatic heterocycles. The van der Waals surface area contributed by atoms with Gasteiger partial charge in [0.25, 0.3) is 0 Å². The summed E-state index contributed by atoms with van der Waals surface area (Å²) in [5.41, 5.74) is 0. The minimum absolute atomic E-state index is 0.229. The standard InChI is InChI=1S/C12H26NO4/c1-5-7-14-9-16-11(3)13-12(4)17-10-15-8-6-2/h11-12H,5-10H2,1-4H3. The van der Waals surface area contributed by atoms with Crippen LogP contribution in [0.4, 0.5) is 0 Å². The third-order valence-corrected chi connectivity index (χ3v) is 1.90. The fourth-order valence-electron chi connectivity index (χ4n) is 1.08. The van der Waals surface area contributed by atoms with Crippen LogP contribution in [0.1, 0.15) is 40.5 Å². The molecular weight excluding hydrogens is 222 g/mol. The molecule has 2 atom stereocenters. The molecule has 0 rings (SSSR count). The van der Waals surface area contributed by atoms with Crippen LogP contribution >= 0.6 is 0 Å². The Bertz CT molecular complexity index is 141. The van der Waals surface area contributed by atoms with Crippen LogP contribution in [0.5, 0.6) is 0 Å². The second-order valence-electron chi connectivity index (χ2n) is 3.73. The number of hydrogen-bond acceptors (Lipinski definition) is 4. The molecule has 103 valence electrons. The Morgan fingerprint density at radius 1 is 0.824 bits per heavy atom. The van der Waals surface area contributed by atoms with Gasteiger partial charge in [0, 0.05) is 13.2 Å². The van der Waals surface area contributed by atoms with E-state index in [9.17, 15) is 0 Å². The van der Waals surface area contributed by atoms with Crippen molar-refractivity contribution in [3.63, 3.8) is 0 Å². The molecule has 0 bridgehead atoms. The molecule has 0 aliphatic carbocycles. The van der Waals surface area contributed by atoms with Crippen molar-refractivity contribution in [2.24, 2.45) is 0 Å². The zero-order chi connectivity index (χ0) is 12.9. The van der Waals surface area contributed by atoms with Gasteiger partial charge in [-0.15, -0.1) is 0 Å². The molecule has 5 nitrogen and oxygen atoms in total. The van der Waals surface area contributed by atoms with Gasteiger partial charge in [-0.25, -0.2) is 0 Å². The first-order chi connectivity index (χ1) is 8.20. The van der Waals surface area contributed by atoms with Crippen LogP contribution < -0.4 is 5.32 Å². The molecule has 0 aromatic heterocycles. The summed E-state index contributed by atoms with van der Waals surface area (Å²) in [6, 6.07) is 0. The Morgan fingerprint density at radius 2 is 1.24 bits per heavy atom. The van der Waals surface area contributed by atoms with Gasteiger partial charge in [-0.05, 0) is 26.7 Å². The van der Waals surface area contributed by atoms with Crippen molar-refractivity contribution in [3.05, 3.63) is 0 Å². The van der Waals surface area contributed by atoms with Crippen LogP contribution in [-0.4, -0.2) is 39.3 Å². The lowest BCUT2D eigenvalue weighted by Gasteiger charge is -2.18. The molecule has 2 unspecified atom stereocenters. The van der Waals surface area contributed by atoms with Gasteiger partial charge >= 0.3 is 0 Å². The van der Waals surface area contributed by atoms with Crippen molar-refractivity contribution in [3.8, 4) is 0 Å². The summed E-state index contributed by atoms with van der Waals surface area (Å²) in [5.74, 6) is 0. The van der Waals surface area contributed by atoms with E-state index in [1.807, 2.05) is 13.8 Å². The third kappa shape index (κ3) is 12.1. The van der Waals surface area contributed by atoms with E-state index in [1.54, 1.807) is 0 Å². The molecule has 0 aromatic carbocycles. The van der Waals surface area contributed by atoms with Crippen LogP contribution in [0.2, 0.25) is 0 Å². The van der Waals surface area contributed by atoms with Crippen LogP contribution in [0.25, 0.3) is 0 Å². The molecule has 1 radical (unpaired) electrons. The monoisotopic (exact) mass is 248 g/mol. The molecule has 0 heterocycles. The minimum atomic E-state index is -0.229. The normalized spacial score (nSPS) is 14.8. The predicted molar refractivity (Wildman–Crippen MR) is 65.4 cm³/mol. The molecule has 0 amide bonds. The zero-order valence-corrected chi connectivity index (χ0v) is 11.5. The quantitative estimate of drug-likeness (QED) is 0.392. The van der Waals surface area contributed by atoms with Crippen LogP contribution in [0.15, 0.2) is 0 Å². The van der Waals surface area contributed by atoms with Gasteiger partial charge in [0.15, 0.2) is 0 Å². The number of rotatable bonds is 12. The van der Waals surface area contributed by atoms with Crippen molar-refractivity contribution in [1.29, 1.82) is 0 Å². The van der Waals surface area contributed by atoms with Crippen LogP contribution in [0.3, 0.4) is 0 Å². The van der Waals surface area contributed by atoms with Crippen LogP contribution in [0, 0.1) is 0 Å². The van der Waals surface area contributed by atoms with Gasteiger partial charge in [0.05, 0.1) is 0 Å². The zero-order valence-electron chi connectivity index (χ0n) is 11.5. The summed E-state index contributed by atoms with van der Waals surface area (Å²) >= 11 is 0. The highest BCUT2D eigenvalue weighted by Crippen LogP contribution is 1.96. The van der Waals surface area contributed by atoms with Crippen molar-refractivity contribution in [1.82, 2.24) is 5.32 Å². The van der Waals surface area contributed by atoms with Gasteiger partial charge in [-0.1, -0.05) is 13.8 Å². The van der Waals surface area contributed by atoms with Crippen molar-refractivity contribution < 1.29 is 18.9 Å². The van der Waals surface area contributed by atoms with E-state index >= 15 is 0 Å². The maximum absolute atomic E-state index is 5.33. The van der Waals surface area contributed by atoms with E-state index in [2.05, 4.69) is 19.2 Å². The first-order valence-corrected chi connectivity index (χ1v) is 6.29. The number of ether oxygens (including phenoxy) is 4. The molecule has 0 saturated heterocycles. The van der Waals surface area contributed by atoms with Crippen molar-refractivity contribution >= 4 is 0 Å². The van der Waals surface area contributed by atoms with Crippen LogP contribution in [-0.2, 0) is 18.9 Å². The summed E-state index contributed by atoms with van der Waals surface area (Å²) in [5, 5.41) is 4.27. The molecule has 0 spiro atoms. The average Bonchev–Trinajstić information content (AvgIpc) is 2.30. The second-order valence-corrected chi connectivity index (χ2v) is 3.73. The van der Waals surface area contributed by atoms with Crippen molar-refractivity contribution in [2.75, 3.05) is 26.8 Å². The molecule has 0 N–H and O–H groups in total. The van der Waals surface area contributed by atoms with E-state index < -0.39 is 0 Å². The minimum Gasteiger partial charge on any atom is -0.355 e. The molecule has 17 heavy (non-hydrogen) atoms. The number of hydrogen-bond donors (Lipinski definition) is 0. The summed E-state index contributed by atoms with van der Waals surface area (Å²) in [6.45, 7) is 9.81. The molecule has 0 aliphatic rings. The third-order valence-electron chi connectivity index (χ3n) is 1.90. The Labute approximate surface area is 105 Å². The Balaban J connectivity index is 3.35. The summed E-state index contributed by atoms with van der Waals surface area (Å²) < 4.78 is 21.1. The average molecular weight is 248 g/mol. The van der Waals surface area contributed by atoms with Gasteiger partial charge in [0.1, 0.15) is 26.0 Å². The Morgan fingerprint density at radius 3 is 1.59 bits per heavy atom. The molecular formula is C12H26NO4. The van der Waals surface area contributed by atoms with E-state index in [0.717, 1.165) is 12.8 Å². The number of nitrogens with zero attached hydrogens (tertiary/aromatic N) is 1. The lowest BCUT2D eigenvalue weighted by atomic mass is 10.5. The van der Waals surface area contributed by atoms with Gasteiger partial charge < -0.3 is 18.9 Å². The van der Waals surface area contributed by atoms with Gasteiger partial charge in [-0.3, -0.25) is 0 Å². The Hall–Kier alpha value is -0.200.